The Kier molecular flexibility index (Phi) is 3.12. The van der Waals surface area contributed by atoms with E-state index in [-0.39, 0.29) is 16.9 Å². The fourth-order valence-corrected chi connectivity index (χ4v) is 2.84. The molecule has 0 spiro atoms. The fourth-order valence-electron chi connectivity index (χ4n) is 2.84. The van der Waals surface area contributed by atoms with Crippen molar-refractivity contribution in [3.63, 3.8) is 0 Å². The molecule has 3 rings (SSSR count). The predicted octanol–water partition coefficient (Wildman–Crippen LogP) is 2.47. The van der Waals surface area contributed by atoms with E-state index in [9.17, 15) is 9.18 Å². The van der Waals surface area contributed by atoms with Crippen molar-refractivity contribution in [1.82, 2.24) is 14.3 Å². The van der Waals surface area contributed by atoms with Gasteiger partial charge in [-0.05, 0) is 25.7 Å². The number of hydrogen-bond acceptors (Lipinski definition) is 2. The van der Waals surface area contributed by atoms with Crippen LogP contribution < -0.4 is 5.56 Å². The lowest BCUT2D eigenvalue weighted by Crippen LogP contribution is -2.23. The quantitative estimate of drug-likeness (QED) is 0.853. The molecule has 19 heavy (non-hydrogen) atoms. The van der Waals surface area contributed by atoms with Crippen LogP contribution in [0.4, 0.5) is 4.39 Å². The van der Waals surface area contributed by atoms with Crippen LogP contribution in [0.5, 0.6) is 0 Å². The van der Waals surface area contributed by atoms with Gasteiger partial charge in [0.1, 0.15) is 5.39 Å². The highest BCUT2D eigenvalue weighted by Gasteiger charge is 2.22. The van der Waals surface area contributed by atoms with Gasteiger partial charge >= 0.3 is 0 Å². The molecule has 0 atom stereocenters. The van der Waals surface area contributed by atoms with Crippen molar-refractivity contribution < 1.29 is 4.39 Å². The number of rotatable bonds is 3. The molecule has 102 valence electrons. The molecule has 1 aliphatic rings. The van der Waals surface area contributed by atoms with Gasteiger partial charge in [0, 0.05) is 24.2 Å². The smallest absolute Gasteiger partial charge is 0.279 e. The largest absolute Gasteiger partial charge is 0.321 e. The van der Waals surface area contributed by atoms with E-state index in [1.807, 2.05) is 0 Å². The monoisotopic (exact) mass is 263 g/mol. The summed E-state index contributed by atoms with van der Waals surface area (Å²) in [6.45, 7) is 3.29. The van der Waals surface area contributed by atoms with Gasteiger partial charge in [-0.15, -0.1) is 0 Å². The van der Waals surface area contributed by atoms with Gasteiger partial charge in [0.15, 0.2) is 0 Å². The van der Waals surface area contributed by atoms with Crippen LogP contribution in [0.2, 0.25) is 0 Å². The normalized spacial score (nSPS) is 14.8. The Morgan fingerprint density at radius 3 is 3.05 bits per heavy atom. The number of aryl methyl sites for hydroxylation is 2. The molecule has 0 radical (unpaired) electrons. The summed E-state index contributed by atoms with van der Waals surface area (Å²) in [5.41, 5.74) is 0.649. The van der Waals surface area contributed by atoms with Gasteiger partial charge in [0.05, 0.1) is 6.20 Å². The van der Waals surface area contributed by atoms with Crippen molar-refractivity contribution in [2.24, 2.45) is 0 Å². The predicted molar refractivity (Wildman–Crippen MR) is 71.8 cm³/mol. The van der Waals surface area contributed by atoms with E-state index in [1.165, 1.54) is 4.68 Å². The molecule has 0 saturated carbocycles. The molecular formula is C14H18FN3O. The number of nitrogens with zero attached hydrogens (tertiary/aromatic N) is 3. The maximum atomic E-state index is 14.4. The SMILES string of the molecule is CCCCn1ncc2c3n(c(F)c2c1=O)CCCC3. The van der Waals surface area contributed by atoms with Crippen LogP contribution in [-0.4, -0.2) is 14.3 Å². The Morgan fingerprint density at radius 1 is 1.42 bits per heavy atom. The van der Waals surface area contributed by atoms with E-state index in [0.29, 0.717) is 18.5 Å². The molecule has 4 nitrogen and oxygen atoms in total. The fraction of sp³-hybridized carbons (Fsp3) is 0.571. The summed E-state index contributed by atoms with van der Waals surface area (Å²) in [7, 11) is 0. The van der Waals surface area contributed by atoms with Gasteiger partial charge in [-0.3, -0.25) is 4.79 Å². The van der Waals surface area contributed by atoms with Crippen LogP contribution in [0.3, 0.4) is 0 Å². The molecular weight excluding hydrogens is 245 g/mol. The first-order chi connectivity index (χ1) is 9.24. The zero-order valence-corrected chi connectivity index (χ0v) is 11.2. The molecule has 2 aromatic rings. The maximum Gasteiger partial charge on any atom is 0.279 e. The summed E-state index contributed by atoms with van der Waals surface area (Å²) in [6.07, 6.45) is 6.39. The molecule has 0 fully saturated rings. The third-order valence-corrected chi connectivity index (χ3v) is 3.89. The molecule has 5 heteroatoms. The van der Waals surface area contributed by atoms with Crippen molar-refractivity contribution in [2.75, 3.05) is 0 Å². The summed E-state index contributed by atoms with van der Waals surface area (Å²) in [5.74, 6) is -0.373. The zero-order chi connectivity index (χ0) is 13.4. The van der Waals surface area contributed by atoms with Gasteiger partial charge in [-0.1, -0.05) is 13.3 Å². The number of aromatic nitrogens is 3. The second kappa shape index (κ2) is 4.79. The molecule has 0 aliphatic carbocycles. The summed E-state index contributed by atoms with van der Waals surface area (Å²) in [6, 6.07) is 0. The number of hydrogen-bond donors (Lipinski definition) is 0. The molecule has 3 heterocycles. The van der Waals surface area contributed by atoms with E-state index in [0.717, 1.165) is 37.8 Å². The van der Waals surface area contributed by atoms with Gasteiger partial charge in [0.2, 0.25) is 5.95 Å². The van der Waals surface area contributed by atoms with Crippen LogP contribution in [-0.2, 0) is 19.5 Å². The van der Waals surface area contributed by atoms with Crippen LogP contribution >= 0.6 is 0 Å². The number of fused-ring (bicyclic) bond motifs is 3. The van der Waals surface area contributed by atoms with Crippen molar-refractivity contribution in [1.29, 1.82) is 0 Å². The van der Waals surface area contributed by atoms with E-state index in [1.54, 1.807) is 10.8 Å². The zero-order valence-electron chi connectivity index (χ0n) is 11.2. The van der Waals surface area contributed by atoms with Crippen molar-refractivity contribution >= 4 is 10.8 Å². The molecule has 0 amide bonds. The van der Waals surface area contributed by atoms with Crippen molar-refractivity contribution in [2.45, 2.75) is 52.1 Å². The lowest BCUT2D eigenvalue weighted by Gasteiger charge is -2.14. The highest BCUT2D eigenvalue weighted by Crippen LogP contribution is 2.27. The first kappa shape index (κ1) is 12.4. The first-order valence-corrected chi connectivity index (χ1v) is 7.00. The average Bonchev–Trinajstić information content (AvgIpc) is 2.73. The molecule has 0 bridgehead atoms. The second-order valence-corrected chi connectivity index (χ2v) is 5.16. The Balaban J connectivity index is 2.20. The van der Waals surface area contributed by atoms with Crippen LogP contribution in [0.25, 0.3) is 10.8 Å². The van der Waals surface area contributed by atoms with Crippen molar-refractivity contribution in [3.05, 3.63) is 28.2 Å². The lowest BCUT2D eigenvalue weighted by atomic mass is 10.1. The Morgan fingerprint density at radius 2 is 2.26 bits per heavy atom. The van der Waals surface area contributed by atoms with Crippen LogP contribution in [0, 0.1) is 5.95 Å². The van der Waals surface area contributed by atoms with Crippen LogP contribution in [0.1, 0.15) is 38.3 Å². The van der Waals surface area contributed by atoms with Gasteiger partial charge in [-0.2, -0.15) is 9.49 Å². The molecule has 0 unspecified atom stereocenters. The molecule has 2 aromatic heterocycles. The lowest BCUT2D eigenvalue weighted by molar-refractivity contribution is 0.442. The molecule has 0 N–H and O–H groups in total. The Hall–Kier alpha value is -1.65. The van der Waals surface area contributed by atoms with E-state index in [4.69, 9.17) is 0 Å². The first-order valence-electron chi connectivity index (χ1n) is 7.00. The third-order valence-electron chi connectivity index (χ3n) is 3.89. The van der Waals surface area contributed by atoms with Crippen LogP contribution in [0.15, 0.2) is 11.0 Å². The van der Waals surface area contributed by atoms with E-state index >= 15 is 0 Å². The van der Waals surface area contributed by atoms with Gasteiger partial charge < -0.3 is 4.57 Å². The van der Waals surface area contributed by atoms with Crippen molar-refractivity contribution in [3.8, 4) is 0 Å². The van der Waals surface area contributed by atoms with E-state index < -0.39 is 0 Å². The minimum absolute atomic E-state index is 0.225. The number of halogens is 1. The molecule has 1 aliphatic heterocycles. The summed E-state index contributed by atoms with van der Waals surface area (Å²) in [5, 5.41) is 5.12. The van der Waals surface area contributed by atoms with Gasteiger partial charge in [0.25, 0.3) is 5.56 Å². The summed E-state index contributed by atoms with van der Waals surface area (Å²) in [4.78, 5) is 12.3. The van der Waals surface area contributed by atoms with E-state index in [2.05, 4.69) is 12.0 Å². The highest BCUT2D eigenvalue weighted by atomic mass is 19.1. The average molecular weight is 263 g/mol. The molecule has 0 saturated heterocycles. The topological polar surface area (TPSA) is 39.8 Å². The minimum Gasteiger partial charge on any atom is -0.321 e. The summed E-state index contributed by atoms with van der Waals surface area (Å²) < 4.78 is 17.4. The Bertz CT molecular complexity index is 671. The summed E-state index contributed by atoms with van der Waals surface area (Å²) >= 11 is 0. The highest BCUT2D eigenvalue weighted by molar-refractivity contribution is 5.84. The standard InChI is InChI=1S/C14H18FN3O/c1-2-3-8-18-14(19)12-10(9-16-18)11-6-4-5-7-17(11)13(12)15/h9H,2-8H2,1H3. The minimum atomic E-state index is -0.373. The second-order valence-electron chi connectivity index (χ2n) is 5.16. The third kappa shape index (κ3) is 1.88. The Labute approximate surface area is 110 Å². The number of unbranched alkanes of at least 4 members (excludes halogenated alkanes) is 1. The maximum absolute atomic E-state index is 14.4. The molecule has 0 aromatic carbocycles. The van der Waals surface area contributed by atoms with Gasteiger partial charge in [-0.25, -0.2) is 4.68 Å².